The fraction of sp³-hybridized carbons (Fsp3) is 0.188. The molecule has 19 heavy (non-hydrogen) atoms. The molecule has 1 N–H and O–H groups in total. The van der Waals surface area contributed by atoms with E-state index in [1.165, 1.54) is 5.56 Å². The van der Waals surface area contributed by atoms with E-state index in [1.54, 1.807) is 0 Å². The number of hydrogen-bond acceptors (Lipinski definition) is 1. The van der Waals surface area contributed by atoms with Crippen LogP contribution in [0.4, 0.5) is 0 Å². The zero-order valence-corrected chi connectivity index (χ0v) is 11.5. The number of hydrogen-bond donors (Lipinski definition) is 1. The Bertz CT molecular complexity index is 536. The second kappa shape index (κ2) is 6.39. The molecule has 1 atom stereocenters. The molecule has 3 heteroatoms. The van der Waals surface area contributed by atoms with E-state index >= 15 is 0 Å². The summed E-state index contributed by atoms with van der Waals surface area (Å²) in [7, 11) is 0. The number of benzene rings is 2. The van der Waals surface area contributed by atoms with Gasteiger partial charge in [-0.3, -0.25) is 4.79 Å². The van der Waals surface area contributed by atoms with E-state index in [0.717, 1.165) is 11.1 Å². The minimum absolute atomic E-state index is 0.0325. The molecule has 0 aliphatic carbocycles. The summed E-state index contributed by atoms with van der Waals surface area (Å²) in [4.78, 5) is 11.6. The highest BCUT2D eigenvalue weighted by Gasteiger charge is 2.15. The summed E-state index contributed by atoms with van der Waals surface area (Å²) in [5.41, 5.74) is 3.29. The summed E-state index contributed by atoms with van der Waals surface area (Å²) in [6.45, 7) is 2.04. The highest BCUT2D eigenvalue weighted by Crippen LogP contribution is 2.22. The minimum atomic E-state index is -0.170. The largest absolute Gasteiger partial charge is 0.344 e. The molecule has 0 radical (unpaired) electrons. The van der Waals surface area contributed by atoms with Crippen molar-refractivity contribution in [1.82, 2.24) is 5.32 Å². The molecular weight excluding hydrogens is 258 g/mol. The van der Waals surface area contributed by atoms with Crippen LogP contribution in [0.5, 0.6) is 0 Å². The standard InChI is InChI=1S/C16H16ClNO/c1-12-7-9-14(10-8-12)16(18-15(19)11-17)13-5-3-2-4-6-13/h2-10,16H,11H2,1H3,(H,18,19)/t16-/m1/s1. The lowest BCUT2D eigenvalue weighted by Gasteiger charge is -2.19. The van der Waals surface area contributed by atoms with Crippen LogP contribution in [-0.2, 0) is 4.79 Å². The number of carbonyl (C=O) groups is 1. The molecule has 0 fully saturated rings. The van der Waals surface area contributed by atoms with Crippen molar-refractivity contribution >= 4 is 17.5 Å². The minimum Gasteiger partial charge on any atom is -0.344 e. The van der Waals surface area contributed by atoms with Gasteiger partial charge in [-0.05, 0) is 18.1 Å². The van der Waals surface area contributed by atoms with Crippen LogP contribution in [-0.4, -0.2) is 11.8 Å². The normalized spacial score (nSPS) is 11.9. The Hall–Kier alpha value is -1.80. The van der Waals surface area contributed by atoms with E-state index in [0.29, 0.717) is 0 Å². The van der Waals surface area contributed by atoms with Crippen LogP contribution in [0.1, 0.15) is 22.7 Å². The van der Waals surface area contributed by atoms with Crippen LogP contribution in [0.3, 0.4) is 0 Å². The van der Waals surface area contributed by atoms with Gasteiger partial charge in [-0.15, -0.1) is 11.6 Å². The van der Waals surface area contributed by atoms with Crippen LogP contribution in [0.2, 0.25) is 0 Å². The first-order valence-corrected chi connectivity index (χ1v) is 6.71. The van der Waals surface area contributed by atoms with E-state index in [2.05, 4.69) is 5.32 Å². The Morgan fingerprint density at radius 2 is 1.63 bits per heavy atom. The summed E-state index contributed by atoms with van der Waals surface area (Å²) in [6, 6.07) is 17.9. The van der Waals surface area contributed by atoms with Crippen LogP contribution in [0.25, 0.3) is 0 Å². The highest BCUT2D eigenvalue weighted by atomic mass is 35.5. The van der Waals surface area contributed by atoms with Crippen molar-refractivity contribution in [2.45, 2.75) is 13.0 Å². The van der Waals surface area contributed by atoms with Crippen LogP contribution in [0, 0.1) is 6.92 Å². The molecule has 0 unspecified atom stereocenters. The second-order valence-corrected chi connectivity index (χ2v) is 4.72. The van der Waals surface area contributed by atoms with E-state index in [9.17, 15) is 4.79 Å². The van der Waals surface area contributed by atoms with Gasteiger partial charge >= 0.3 is 0 Å². The van der Waals surface area contributed by atoms with Crippen LogP contribution in [0.15, 0.2) is 54.6 Å². The van der Waals surface area contributed by atoms with Crippen LogP contribution >= 0.6 is 11.6 Å². The van der Waals surface area contributed by atoms with Crippen molar-refractivity contribution in [3.05, 3.63) is 71.3 Å². The number of alkyl halides is 1. The molecule has 2 nitrogen and oxygen atoms in total. The molecule has 2 rings (SSSR count). The predicted octanol–water partition coefficient (Wildman–Crippen LogP) is 3.44. The number of carbonyl (C=O) groups excluding carboxylic acids is 1. The van der Waals surface area contributed by atoms with E-state index in [4.69, 9.17) is 11.6 Å². The summed E-state index contributed by atoms with van der Waals surface area (Å²) in [6.07, 6.45) is 0. The van der Waals surface area contributed by atoms with Crippen molar-refractivity contribution < 1.29 is 4.79 Å². The van der Waals surface area contributed by atoms with E-state index in [1.807, 2.05) is 61.5 Å². The van der Waals surface area contributed by atoms with E-state index < -0.39 is 0 Å². The number of nitrogens with one attached hydrogen (secondary N) is 1. The van der Waals surface area contributed by atoms with Crippen molar-refractivity contribution in [3.63, 3.8) is 0 Å². The molecule has 2 aromatic carbocycles. The maximum atomic E-state index is 11.6. The van der Waals surface area contributed by atoms with Gasteiger partial charge in [0.15, 0.2) is 0 Å². The molecule has 0 saturated carbocycles. The molecule has 0 saturated heterocycles. The predicted molar refractivity (Wildman–Crippen MR) is 78.3 cm³/mol. The number of aryl methyl sites for hydroxylation is 1. The molecule has 1 amide bonds. The highest BCUT2D eigenvalue weighted by molar-refractivity contribution is 6.27. The van der Waals surface area contributed by atoms with Gasteiger partial charge in [-0.25, -0.2) is 0 Å². The van der Waals surface area contributed by atoms with Gasteiger partial charge in [0.05, 0.1) is 6.04 Å². The maximum absolute atomic E-state index is 11.6. The summed E-state index contributed by atoms with van der Waals surface area (Å²) >= 11 is 5.58. The van der Waals surface area contributed by atoms with Crippen molar-refractivity contribution in [2.75, 3.05) is 5.88 Å². The van der Waals surface area contributed by atoms with Crippen molar-refractivity contribution in [2.24, 2.45) is 0 Å². The zero-order chi connectivity index (χ0) is 13.7. The topological polar surface area (TPSA) is 29.1 Å². The molecule has 0 bridgehead atoms. The first-order chi connectivity index (χ1) is 9.20. The lowest BCUT2D eigenvalue weighted by atomic mass is 9.98. The Morgan fingerprint density at radius 3 is 2.21 bits per heavy atom. The van der Waals surface area contributed by atoms with Gasteiger partial charge in [0.2, 0.25) is 5.91 Å². The Balaban J connectivity index is 2.34. The molecule has 0 aliphatic heterocycles. The first-order valence-electron chi connectivity index (χ1n) is 6.17. The molecule has 0 spiro atoms. The molecule has 0 aromatic heterocycles. The summed E-state index contributed by atoms with van der Waals surface area (Å²) in [5.74, 6) is -0.203. The van der Waals surface area contributed by atoms with E-state index in [-0.39, 0.29) is 17.8 Å². The zero-order valence-electron chi connectivity index (χ0n) is 10.8. The second-order valence-electron chi connectivity index (χ2n) is 4.46. The van der Waals surface area contributed by atoms with Crippen molar-refractivity contribution in [3.8, 4) is 0 Å². The Kier molecular flexibility index (Phi) is 4.58. The summed E-state index contributed by atoms with van der Waals surface area (Å²) in [5, 5.41) is 2.95. The molecule has 98 valence electrons. The third kappa shape index (κ3) is 3.58. The first kappa shape index (κ1) is 13.6. The Labute approximate surface area is 118 Å². The average Bonchev–Trinajstić information content (AvgIpc) is 2.46. The van der Waals surface area contributed by atoms with Gasteiger partial charge in [-0.1, -0.05) is 60.2 Å². The number of halogens is 1. The number of rotatable bonds is 4. The third-order valence-corrected chi connectivity index (χ3v) is 3.21. The van der Waals surface area contributed by atoms with Gasteiger partial charge in [0.25, 0.3) is 0 Å². The molecule has 0 heterocycles. The maximum Gasteiger partial charge on any atom is 0.235 e. The number of amides is 1. The lowest BCUT2D eigenvalue weighted by Crippen LogP contribution is -2.30. The average molecular weight is 274 g/mol. The monoisotopic (exact) mass is 273 g/mol. The van der Waals surface area contributed by atoms with Gasteiger partial charge in [-0.2, -0.15) is 0 Å². The quantitative estimate of drug-likeness (QED) is 0.850. The summed E-state index contributed by atoms with van der Waals surface area (Å²) < 4.78 is 0. The van der Waals surface area contributed by atoms with Crippen LogP contribution < -0.4 is 5.32 Å². The third-order valence-electron chi connectivity index (χ3n) is 2.97. The Morgan fingerprint density at radius 1 is 1.05 bits per heavy atom. The van der Waals surface area contributed by atoms with Gasteiger partial charge < -0.3 is 5.32 Å². The van der Waals surface area contributed by atoms with Gasteiger partial charge in [0.1, 0.15) is 5.88 Å². The molecule has 0 aliphatic rings. The lowest BCUT2D eigenvalue weighted by molar-refractivity contribution is -0.119. The van der Waals surface area contributed by atoms with Crippen molar-refractivity contribution in [1.29, 1.82) is 0 Å². The fourth-order valence-electron chi connectivity index (χ4n) is 1.96. The molecular formula is C16H16ClNO. The smallest absolute Gasteiger partial charge is 0.235 e. The SMILES string of the molecule is Cc1ccc([C@H](NC(=O)CCl)c2ccccc2)cc1. The molecule has 2 aromatic rings. The fourth-order valence-corrected chi connectivity index (χ4v) is 2.04. The van der Waals surface area contributed by atoms with Gasteiger partial charge in [0, 0.05) is 0 Å².